The van der Waals surface area contributed by atoms with E-state index in [0.29, 0.717) is 50.0 Å². The lowest BCUT2D eigenvalue weighted by molar-refractivity contribution is -0.144. The number of hydrogen-bond acceptors (Lipinski definition) is 4. The third-order valence-electron chi connectivity index (χ3n) is 5.74. The number of ether oxygens (including phenoxy) is 1. The van der Waals surface area contributed by atoms with Gasteiger partial charge >= 0.3 is 0 Å². The Morgan fingerprint density at radius 3 is 2.47 bits per heavy atom. The van der Waals surface area contributed by atoms with Gasteiger partial charge in [-0.25, -0.2) is 0 Å². The molecule has 0 aromatic heterocycles. The van der Waals surface area contributed by atoms with Crippen LogP contribution in [-0.2, 0) is 14.3 Å². The van der Waals surface area contributed by atoms with Crippen LogP contribution in [0.4, 0.5) is 0 Å². The number of nitrogens with zero attached hydrogens (tertiary/aromatic N) is 2. The molecule has 3 rings (SSSR count). The molecule has 2 fully saturated rings. The number of amides is 3. The summed E-state index contributed by atoms with van der Waals surface area (Å²) >= 11 is 6.13. The van der Waals surface area contributed by atoms with E-state index in [1.54, 1.807) is 29.2 Å². The van der Waals surface area contributed by atoms with E-state index in [2.05, 4.69) is 5.32 Å². The van der Waals surface area contributed by atoms with E-state index in [4.69, 9.17) is 16.3 Å². The van der Waals surface area contributed by atoms with Crippen LogP contribution in [-0.4, -0.2) is 73.0 Å². The average Bonchev–Trinajstić information content (AvgIpc) is 2.77. The Morgan fingerprint density at radius 2 is 1.80 bits per heavy atom. The standard InChI is InChI=1S/C22H30ClN3O4/c1-15(2)19(24-20(27)17-7-3-4-8-18(17)23)22(29)26-9-5-6-16(14-26)21(28)25-10-12-30-13-11-25/h3-4,7-8,15-16,19H,5-6,9-14H2,1-2H3,(H,24,27). The molecule has 164 valence electrons. The molecule has 0 saturated carbocycles. The Bertz CT molecular complexity index is 779. The van der Waals surface area contributed by atoms with Crippen molar-refractivity contribution >= 4 is 29.3 Å². The van der Waals surface area contributed by atoms with Crippen molar-refractivity contribution in [2.45, 2.75) is 32.7 Å². The Balaban J connectivity index is 1.66. The molecule has 7 nitrogen and oxygen atoms in total. The summed E-state index contributed by atoms with van der Waals surface area (Å²) in [5.41, 5.74) is 0.344. The third-order valence-corrected chi connectivity index (χ3v) is 6.07. The van der Waals surface area contributed by atoms with Gasteiger partial charge in [0.05, 0.1) is 29.7 Å². The second-order valence-corrected chi connectivity index (χ2v) is 8.64. The van der Waals surface area contributed by atoms with Gasteiger partial charge in [0.25, 0.3) is 5.91 Å². The molecular weight excluding hydrogens is 406 g/mol. The van der Waals surface area contributed by atoms with Gasteiger partial charge in [-0.05, 0) is 30.9 Å². The normalized spacial score (nSPS) is 20.7. The van der Waals surface area contributed by atoms with Crippen LogP contribution in [0.1, 0.15) is 37.0 Å². The number of piperidine rings is 1. The minimum atomic E-state index is -0.675. The molecule has 3 amide bonds. The second kappa shape index (κ2) is 10.3. The van der Waals surface area contributed by atoms with E-state index in [0.717, 1.165) is 12.8 Å². The maximum atomic E-state index is 13.3. The van der Waals surface area contributed by atoms with Crippen molar-refractivity contribution in [3.8, 4) is 0 Å². The highest BCUT2D eigenvalue weighted by Crippen LogP contribution is 2.22. The minimum absolute atomic E-state index is 0.0944. The van der Waals surface area contributed by atoms with Crippen molar-refractivity contribution < 1.29 is 19.1 Å². The SMILES string of the molecule is CC(C)C(NC(=O)c1ccccc1Cl)C(=O)N1CCCC(C(=O)N2CCOCC2)C1. The van der Waals surface area contributed by atoms with Gasteiger partial charge in [-0.15, -0.1) is 0 Å². The van der Waals surface area contributed by atoms with Crippen LogP contribution in [0.5, 0.6) is 0 Å². The molecule has 0 bridgehead atoms. The quantitative estimate of drug-likeness (QED) is 0.768. The van der Waals surface area contributed by atoms with Gasteiger partial charge in [0.1, 0.15) is 6.04 Å². The molecule has 8 heteroatoms. The fraction of sp³-hybridized carbons (Fsp3) is 0.591. The summed E-state index contributed by atoms with van der Waals surface area (Å²) < 4.78 is 5.33. The first-order valence-corrected chi connectivity index (χ1v) is 11.0. The number of halogens is 1. The number of rotatable bonds is 5. The van der Waals surface area contributed by atoms with Gasteiger partial charge in [-0.3, -0.25) is 14.4 Å². The Hall–Kier alpha value is -2.12. The van der Waals surface area contributed by atoms with Crippen molar-refractivity contribution in [2.75, 3.05) is 39.4 Å². The smallest absolute Gasteiger partial charge is 0.253 e. The van der Waals surface area contributed by atoms with Crippen LogP contribution >= 0.6 is 11.6 Å². The number of benzene rings is 1. The molecule has 2 aliphatic rings. The van der Waals surface area contributed by atoms with Crippen molar-refractivity contribution in [3.05, 3.63) is 34.9 Å². The lowest BCUT2D eigenvalue weighted by Crippen LogP contribution is -2.55. The zero-order chi connectivity index (χ0) is 21.7. The maximum Gasteiger partial charge on any atom is 0.253 e. The lowest BCUT2D eigenvalue weighted by Gasteiger charge is -2.38. The number of hydrogen-bond donors (Lipinski definition) is 1. The number of likely N-dealkylation sites (tertiary alicyclic amines) is 1. The van der Waals surface area contributed by atoms with Gasteiger partial charge in [0.15, 0.2) is 0 Å². The summed E-state index contributed by atoms with van der Waals surface area (Å²) in [6, 6.07) is 6.10. The van der Waals surface area contributed by atoms with Crippen LogP contribution in [0.3, 0.4) is 0 Å². The first kappa shape index (κ1) is 22.6. The van der Waals surface area contributed by atoms with Crippen LogP contribution in [0.15, 0.2) is 24.3 Å². The fourth-order valence-electron chi connectivity index (χ4n) is 4.00. The van der Waals surface area contributed by atoms with Gasteiger partial charge in [-0.2, -0.15) is 0 Å². The summed E-state index contributed by atoms with van der Waals surface area (Å²) in [6.45, 7) is 7.11. The lowest BCUT2D eigenvalue weighted by atomic mass is 9.94. The highest BCUT2D eigenvalue weighted by Gasteiger charge is 2.35. The van der Waals surface area contributed by atoms with E-state index in [-0.39, 0.29) is 29.6 Å². The number of nitrogens with one attached hydrogen (secondary N) is 1. The largest absolute Gasteiger partial charge is 0.378 e. The summed E-state index contributed by atoms with van der Waals surface area (Å²) in [5.74, 6) is -0.723. The Morgan fingerprint density at radius 1 is 1.10 bits per heavy atom. The molecule has 0 aliphatic carbocycles. The Kier molecular flexibility index (Phi) is 7.72. The zero-order valence-electron chi connectivity index (χ0n) is 17.6. The molecule has 1 aromatic rings. The highest BCUT2D eigenvalue weighted by atomic mass is 35.5. The maximum absolute atomic E-state index is 13.3. The van der Waals surface area contributed by atoms with E-state index in [1.165, 1.54) is 0 Å². The molecule has 2 saturated heterocycles. The van der Waals surface area contributed by atoms with E-state index >= 15 is 0 Å². The van der Waals surface area contributed by atoms with E-state index in [9.17, 15) is 14.4 Å². The zero-order valence-corrected chi connectivity index (χ0v) is 18.4. The van der Waals surface area contributed by atoms with E-state index < -0.39 is 6.04 Å². The monoisotopic (exact) mass is 435 g/mol. The summed E-state index contributed by atoms with van der Waals surface area (Å²) in [6.07, 6.45) is 1.55. The van der Waals surface area contributed by atoms with Gasteiger partial charge in [-0.1, -0.05) is 37.6 Å². The highest BCUT2D eigenvalue weighted by molar-refractivity contribution is 6.33. The predicted molar refractivity (Wildman–Crippen MR) is 114 cm³/mol. The molecule has 1 aromatic carbocycles. The van der Waals surface area contributed by atoms with Crippen molar-refractivity contribution in [1.29, 1.82) is 0 Å². The van der Waals surface area contributed by atoms with Gasteiger partial charge in [0.2, 0.25) is 11.8 Å². The van der Waals surface area contributed by atoms with Crippen LogP contribution in [0, 0.1) is 11.8 Å². The first-order valence-electron chi connectivity index (χ1n) is 10.6. The van der Waals surface area contributed by atoms with Crippen LogP contribution < -0.4 is 5.32 Å². The molecular formula is C22H30ClN3O4. The molecule has 2 atom stereocenters. The molecule has 2 aliphatic heterocycles. The molecule has 2 unspecified atom stereocenters. The Labute approximate surface area is 182 Å². The summed E-state index contributed by atoms with van der Waals surface area (Å²) in [7, 11) is 0. The summed E-state index contributed by atoms with van der Waals surface area (Å²) in [5, 5.41) is 3.20. The van der Waals surface area contributed by atoms with Crippen LogP contribution in [0.2, 0.25) is 5.02 Å². The fourth-order valence-corrected chi connectivity index (χ4v) is 4.22. The summed E-state index contributed by atoms with van der Waals surface area (Å²) in [4.78, 5) is 42.4. The second-order valence-electron chi connectivity index (χ2n) is 8.24. The number of morpholine rings is 1. The van der Waals surface area contributed by atoms with Crippen molar-refractivity contribution in [2.24, 2.45) is 11.8 Å². The van der Waals surface area contributed by atoms with E-state index in [1.807, 2.05) is 18.7 Å². The van der Waals surface area contributed by atoms with Crippen molar-refractivity contribution in [1.82, 2.24) is 15.1 Å². The average molecular weight is 436 g/mol. The third kappa shape index (κ3) is 5.32. The topological polar surface area (TPSA) is 79.0 Å². The van der Waals surface area contributed by atoms with Gasteiger partial charge < -0.3 is 19.9 Å². The van der Waals surface area contributed by atoms with Crippen molar-refractivity contribution in [3.63, 3.8) is 0 Å². The molecule has 0 spiro atoms. The molecule has 2 heterocycles. The van der Waals surface area contributed by atoms with Crippen LogP contribution in [0.25, 0.3) is 0 Å². The first-order chi connectivity index (χ1) is 14.4. The minimum Gasteiger partial charge on any atom is -0.378 e. The van der Waals surface area contributed by atoms with Gasteiger partial charge in [0, 0.05) is 26.2 Å². The predicted octanol–water partition coefficient (Wildman–Crippen LogP) is 2.19. The molecule has 1 N–H and O–H groups in total. The molecule has 0 radical (unpaired) electrons. The number of carbonyl (C=O) groups is 3. The number of carbonyl (C=O) groups excluding carboxylic acids is 3. The molecule has 30 heavy (non-hydrogen) atoms.